The number of carbonyl (C=O) groups is 2. The van der Waals surface area contributed by atoms with Crippen LogP contribution in [-0.4, -0.2) is 16.9 Å². The van der Waals surface area contributed by atoms with Crippen molar-refractivity contribution in [3.63, 3.8) is 0 Å². The van der Waals surface area contributed by atoms with Gasteiger partial charge in [0, 0.05) is 23.4 Å². The monoisotopic (exact) mass is 378 g/mol. The van der Waals surface area contributed by atoms with E-state index in [9.17, 15) is 14.7 Å². The van der Waals surface area contributed by atoms with Crippen LogP contribution >= 0.6 is 0 Å². The van der Waals surface area contributed by atoms with E-state index in [0.717, 1.165) is 46.4 Å². The maximum absolute atomic E-state index is 12.5. The van der Waals surface area contributed by atoms with Gasteiger partial charge in [0.25, 0.3) is 5.91 Å². The van der Waals surface area contributed by atoms with Gasteiger partial charge in [-0.3, -0.25) is 9.59 Å². The molecular formula is C23H26N2O3. The molecule has 2 aliphatic rings. The number of aliphatic hydroxyl groups is 1. The molecule has 1 heterocycles. The molecule has 2 amide bonds. The molecule has 4 rings (SSSR count). The van der Waals surface area contributed by atoms with Gasteiger partial charge in [0.15, 0.2) is 0 Å². The average molecular weight is 378 g/mol. The second-order valence-electron chi connectivity index (χ2n) is 6.83. The molecule has 146 valence electrons. The molecule has 5 heteroatoms. The summed E-state index contributed by atoms with van der Waals surface area (Å²) in [6.45, 7) is 6.26. The fourth-order valence-corrected chi connectivity index (χ4v) is 3.32. The number of anilines is 1. The van der Waals surface area contributed by atoms with E-state index >= 15 is 0 Å². The Morgan fingerprint density at radius 1 is 1.18 bits per heavy atom. The van der Waals surface area contributed by atoms with Crippen LogP contribution in [0.15, 0.2) is 42.0 Å². The highest BCUT2D eigenvalue weighted by molar-refractivity contribution is 5.99. The van der Waals surface area contributed by atoms with Gasteiger partial charge in [0.05, 0.1) is 6.42 Å². The third kappa shape index (κ3) is 4.09. The summed E-state index contributed by atoms with van der Waals surface area (Å²) in [6.07, 6.45) is 2.25. The molecular weight excluding hydrogens is 352 g/mol. The van der Waals surface area contributed by atoms with Gasteiger partial charge in [0.2, 0.25) is 5.91 Å². The predicted octanol–water partition coefficient (Wildman–Crippen LogP) is 4.51. The van der Waals surface area contributed by atoms with Crippen LogP contribution < -0.4 is 10.6 Å². The Morgan fingerprint density at radius 3 is 2.61 bits per heavy atom. The summed E-state index contributed by atoms with van der Waals surface area (Å²) in [5.74, 6) is 0.161. The largest absolute Gasteiger partial charge is 0.507 e. The number of aliphatic hydroxyl groups excluding tert-OH is 1. The van der Waals surface area contributed by atoms with Crippen LogP contribution in [0.3, 0.4) is 0 Å². The number of hydrogen-bond acceptors (Lipinski definition) is 3. The maximum Gasteiger partial charge on any atom is 0.251 e. The van der Waals surface area contributed by atoms with E-state index in [0.29, 0.717) is 24.3 Å². The van der Waals surface area contributed by atoms with Crippen molar-refractivity contribution in [3.05, 3.63) is 69.8 Å². The average Bonchev–Trinajstić information content (AvgIpc) is 3.48. The number of amides is 2. The number of aryl methyl sites for hydroxylation is 1. The molecule has 1 aliphatic heterocycles. The third-order valence-electron chi connectivity index (χ3n) is 4.90. The Bertz CT molecular complexity index is 954. The topological polar surface area (TPSA) is 78.4 Å². The van der Waals surface area contributed by atoms with Crippen LogP contribution in [0, 0.1) is 6.92 Å². The molecule has 0 spiro atoms. The molecule has 1 aliphatic carbocycles. The summed E-state index contributed by atoms with van der Waals surface area (Å²) in [7, 11) is 0. The summed E-state index contributed by atoms with van der Waals surface area (Å²) in [5.41, 5.74) is 6.02. The van der Waals surface area contributed by atoms with E-state index in [1.54, 1.807) is 18.2 Å². The molecule has 0 atom stereocenters. The number of carbonyl (C=O) groups excluding carboxylic acids is 2. The van der Waals surface area contributed by atoms with Gasteiger partial charge in [-0.2, -0.15) is 0 Å². The highest BCUT2D eigenvalue weighted by Crippen LogP contribution is 2.35. The number of nitrogens with one attached hydrogen (secondary N) is 2. The fourth-order valence-electron chi connectivity index (χ4n) is 3.32. The minimum atomic E-state index is -0.173. The summed E-state index contributed by atoms with van der Waals surface area (Å²) in [6, 6.07) is 11.0. The first kappa shape index (κ1) is 19.7. The molecule has 0 unspecified atom stereocenters. The van der Waals surface area contributed by atoms with Gasteiger partial charge in [0.1, 0.15) is 5.76 Å². The standard InChI is InChI=1S/C21H20N2O3.C2H6/c1-12-9-14(7-8-16(12)20(25)13-5-6-13)21(26)22-11-15-3-2-4-18-17(15)10-19(24)23-18;1-2/h2-4,7-9,25H,5-6,10-11H2,1H3,(H,22,26)(H,23,24);1-2H3. The van der Waals surface area contributed by atoms with Crippen LogP contribution in [0.5, 0.6) is 0 Å². The van der Waals surface area contributed by atoms with E-state index in [2.05, 4.69) is 10.6 Å². The number of fused-ring (bicyclic) bond motifs is 1. The maximum atomic E-state index is 12.5. The zero-order chi connectivity index (χ0) is 20.3. The fraction of sp³-hybridized carbons (Fsp3) is 0.304. The lowest BCUT2D eigenvalue weighted by Gasteiger charge is -2.11. The van der Waals surface area contributed by atoms with Crippen LogP contribution in [0.1, 0.15) is 59.3 Å². The van der Waals surface area contributed by atoms with Gasteiger partial charge >= 0.3 is 0 Å². The number of rotatable bonds is 4. The van der Waals surface area contributed by atoms with Gasteiger partial charge < -0.3 is 15.7 Å². The van der Waals surface area contributed by atoms with Crippen LogP contribution in [0.25, 0.3) is 5.76 Å². The highest BCUT2D eigenvalue weighted by atomic mass is 16.3. The number of hydrogen-bond donors (Lipinski definition) is 3. The first-order valence-corrected chi connectivity index (χ1v) is 9.74. The molecule has 2 aromatic carbocycles. The third-order valence-corrected chi connectivity index (χ3v) is 4.90. The van der Waals surface area contributed by atoms with Gasteiger partial charge in [-0.25, -0.2) is 0 Å². The van der Waals surface area contributed by atoms with Crippen LogP contribution in [0.4, 0.5) is 5.69 Å². The number of benzene rings is 2. The summed E-state index contributed by atoms with van der Waals surface area (Å²) in [4.78, 5) is 24.1. The Labute approximate surface area is 165 Å². The van der Waals surface area contributed by atoms with Crippen molar-refractivity contribution in [2.24, 2.45) is 0 Å². The predicted molar refractivity (Wildman–Crippen MR) is 111 cm³/mol. The zero-order valence-corrected chi connectivity index (χ0v) is 16.6. The van der Waals surface area contributed by atoms with Crippen LogP contribution in [-0.2, 0) is 17.8 Å². The summed E-state index contributed by atoms with van der Waals surface area (Å²) >= 11 is 0. The van der Waals surface area contributed by atoms with E-state index in [1.807, 2.05) is 39.0 Å². The van der Waals surface area contributed by atoms with Gasteiger partial charge in [-0.05, 0) is 60.2 Å². The molecule has 0 saturated heterocycles. The van der Waals surface area contributed by atoms with E-state index in [-0.39, 0.29) is 11.8 Å². The van der Waals surface area contributed by atoms with E-state index in [4.69, 9.17) is 0 Å². The van der Waals surface area contributed by atoms with Crippen molar-refractivity contribution in [1.29, 1.82) is 0 Å². The van der Waals surface area contributed by atoms with Gasteiger partial charge in [-0.15, -0.1) is 0 Å². The Balaban J connectivity index is 0.00000109. The Hall–Kier alpha value is -3.08. The second kappa shape index (κ2) is 8.30. The molecule has 28 heavy (non-hydrogen) atoms. The molecule has 1 fully saturated rings. The summed E-state index contributed by atoms with van der Waals surface area (Å²) in [5, 5.41) is 15.9. The summed E-state index contributed by atoms with van der Waals surface area (Å²) < 4.78 is 0. The lowest BCUT2D eigenvalue weighted by molar-refractivity contribution is -0.115. The first-order chi connectivity index (χ1) is 13.5. The smallest absolute Gasteiger partial charge is 0.251 e. The van der Waals surface area contributed by atoms with Crippen molar-refractivity contribution in [2.45, 2.75) is 46.6 Å². The van der Waals surface area contributed by atoms with Gasteiger partial charge in [-0.1, -0.05) is 32.0 Å². The van der Waals surface area contributed by atoms with Crippen molar-refractivity contribution in [1.82, 2.24) is 5.32 Å². The second-order valence-corrected chi connectivity index (χ2v) is 6.83. The quantitative estimate of drug-likeness (QED) is 0.685. The van der Waals surface area contributed by atoms with Crippen molar-refractivity contribution < 1.29 is 14.7 Å². The molecule has 3 N–H and O–H groups in total. The van der Waals surface area contributed by atoms with Crippen molar-refractivity contribution in [2.75, 3.05) is 5.32 Å². The lowest BCUT2D eigenvalue weighted by Crippen LogP contribution is -2.23. The molecule has 0 bridgehead atoms. The van der Waals surface area contributed by atoms with E-state index in [1.165, 1.54) is 0 Å². The van der Waals surface area contributed by atoms with E-state index < -0.39 is 0 Å². The minimum Gasteiger partial charge on any atom is -0.507 e. The molecule has 0 aromatic heterocycles. The molecule has 0 radical (unpaired) electrons. The highest BCUT2D eigenvalue weighted by Gasteiger charge is 2.21. The number of allylic oxidation sites excluding steroid dienone is 1. The Kier molecular flexibility index (Phi) is 5.83. The molecule has 5 nitrogen and oxygen atoms in total. The van der Waals surface area contributed by atoms with Crippen molar-refractivity contribution in [3.8, 4) is 0 Å². The minimum absolute atomic E-state index is 0.0189. The molecule has 1 saturated carbocycles. The Morgan fingerprint density at radius 2 is 1.93 bits per heavy atom. The first-order valence-electron chi connectivity index (χ1n) is 9.74. The zero-order valence-electron chi connectivity index (χ0n) is 16.6. The SMILES string of the molecule is CC.Cc1cc(C(=O)NCc2cccc3c2CC(=O)N3)ccc1C(O)=C1CC1. The van der Waals surface area contributed by atoms with Crippen LogP contribution in [0.2, 0.25) is 0 Å². The normalized spacial score (nSPS) is 13.8. The lowest BCUT2D eigenvalue weighted by atomic mass is 10.0. The molecule has 2 aromatic rings. The van der Waals surface area contributed by atoms with Crippen molar-refractivity contribution >= 4 is 23.3 Å².